The predicted molar refractivity (Wildman–Crippen MR) is 90.3 cm³/mol. The number of rotatable bonds is 6. The van der Waals surface area contributed by atoms with Gasteiger partial charge in [-0.3, -0.25) is 4.79 Å². The lowest BCUT2D eigenvalue weighted by Gasteiger charge is -2.34. The van der Waals surface area contributed by atoms with Gasteiger partial charge in [-0.2, -0.15) is 4.31 Å². The van der Waals surface area contributed by atoms with E-state index in [4.69, 9.17) is 0 Å². The highest BCUT2D eigenvalue weighted by Crippen LogP contribution is 2.14. The fraction of sp³-hybridized carbons (Fsp3) is 0.562. The summed E-state index contributed by atoms with van der Waals surface area (Å²) >= 11 is 0. The van der Waals surface area contributed by atoms with Gasteiger partial charge >= 0.3 is 0 Å². The first-order valence-corrected chi connectivity index (χ1v) is 9.53. The van der Waals surface area contributed by atoms with Gasteiger partial charge in [-0.25, -0.2) is 12.8 Å². The Balaban J connectivity index is 1.88. The minimum absolute atomic E-state index is 0.0549. The second kappa shape index (κ2) is 8.04. The Kier molecular flexibility index (Phi) is 6.31. The number of amides is 1. The summed E-state index contributed by atoms with van der Waals surface area (Å²) < 4.78 is 39.2. The summed E-state index contributed by atoms with van der Waals surface area (Å²) in [5.74, 6) is -0.484. The van der Waals surface area contributed by atoms with Crippen molar-refractivity contribution < 1.29 is 17.6 Å². The van der Waals surface area contributed by atoms with Crippen LogP contribution >= 0.6 is 0 Å². The number of carbonyl (C=O) groups excluding carboxylic acids is 1. The summed E-state index contributed by atoms with van der Waals surface area (Å²) in [6.07, 6.45) is 0.440. The highest BCUT2D eigenvalue weighted by Gasteiger charge is 2.28. The van der Waals surface area contributed by atoms with Crippen LogP contribution in [0.2, 0.25) is 0 Å². The average Bonchev–Trinajstić information content (AvgIpc) is 2.54. The maximum absolute atomic E-state index is 12.9. The summed E-state index contributed by atoms with van der Waals surface area (Å²) in [4.78, 5) is 15.7. The van der Waals surface area contributed by atoms with Crippen LogP contribution in [0.1, 0.15) is 12.0 Å². The number of sulfonamides is 1. The van der Waals surface area contributed by atoms with E-state index in [9.17, 15) is 17.6 Å². The number of benzene rings is 1. The molecule has 0 aliphatic carbocycles. The molecule has 0 spiro atoms. The zero-order chi connectivity index (χ0) is 17.7. The van der Waals surface area contributed by atoms with E-state index in [1.807, 2.05) is 19.0 Å². The zero-order valence-electron chi connectivity index (χ0n) is 14.1. The molecule has 1 aromatic rings. The van der Waals surface area contributed by atoms with Crippen LogP contribution in [0.5, 0.6) is 0 Å². The molecule has 6 nitrogen and oxygen atoms in total. The minimum atomic E-state index is -3.46. The molecule has 0 radical (unpaired) electrons. The van der Waals surface area contributed by atoms with Gasteiger partial charge in [-0.15, -0.1) is 0 Å². The second-order valence-corrected chi connectivity index (χ2v) is 8.18. The molecule has 2 rings (SSSR count). The molecule has 1 fully saturated rings. The van der Waals surface area contributed by atoms with Gasteiger partial charge in [0.2, 0.25) is 15.9 Å². The molecule has 1 aliphatic rings. The highest BCUT2D eigenvalue weighted by molar-refractivity contribution is 7.88. The van der Waals surface area contributed by atoms with Gasteiger partial charge in [0.05, 0.1) is 5.75 Å². The standard InChI is InChI=1S/C16H24FN3O3S/c1-18(2)8-7-16(21)19-9-11-20(12-10-19)24(22,23)13-14-3-5-15(17)6-4-14/h3-6H,7-13H2,1-2H3. The van der Waals surface area contributed by atoms with E-state index < -0.39 is 10.0 Å². The number of halogens is 1. The molecule has 0 N–H and O–H groups in total. The van der Waals surface area contributed by atoms with Crippen LogP contribution in [0.15, 0.2) is 24.3 Å². The van der Waals surface area contributed by atoms with Crippen LogP contribution in [0.4, 0.5) is 4.39 Å². The van der Waals surface area contributed by atoms with Crippen LogP contribution < -0.4 is 0 Å². The van der Waals surface area contributed by atoms with Gasteiger partial charge in [0.25, 0.3) is 0 Å². The van der Waals surface area contributed by atoms with Crippen molar-refractivity contribution in [3.8, 4) is 0 Å². The number of hydrogen-bond donors (Lipinski definition) is 0. The first-order valence-electron chi connectivity index (χ1n) is 7.93. The smallest absolute Gasteiger partial charge is 0.223 e. The van der Waals surface area contributed by atoms with Crippen LogP contribution in [-0.4, -0.2) is 75.2 Å². The highest BCUT2D eigenvalue weighted by atomic mass is 32.2. The molecule has 1 saturated heterocycles. The van der Waals surface area contributed by atoms with Crippen molar-refractivity contribution in [1.82, 2.24) is 14.1 Å². The molecule has 134 valence electrons. The lowest BCUT2D eigenvalue weighted by Crippen LogP contribution is -2.51. The van der Waals surface area contributed by atoms with E-state index in [1.54, 1.807) is 4.90 Å². The Bertz CT molecular complexity index is 654. The Morgan fingerprint density at radius 1 is 1.12 bits per heavy atom. The van der Waals surface area contributed by atoms with Crippen molar-refractivity contribution >= 4 is 15.9 Å². The Morgan fingerprint density at radius 3 is 2.25 bits per heavy atom. The number of hydrogen-bond acceptors (Lipinski definition) is 4. The van der Waals surface area contributed by atoms with Gasteiger partial charge in [0.1, 0.15) is 5.82 Å². The third-order valence-corrected chi connectivity index (χ3v) is 5.87. The van der Waals surface area contributed by atoms with Gasteiger partial charge < -0.3 is 9.80 Å². The molecule has 8 heteroatoms. The number of carbonyl (C=O) groups is 1. The van der Waals surface area contributed by atoms with E-state index >= 15 is 0 Å². The van der Waals surface area contributed by atoms with E-state index in [1.165, 1.54) is 28.6 Å². The van der Waals surface area contributed by atoms with Crippen LogP contribution in [0.3, 0.4) is 0 Å². The fourth-order valence-corrected chi connectivity index (χ4v) is 4.09. The molecule has 0 atom stereocenters. The van der Waals surface area contributed by atoms with Gasteiger partial charge in [-0.05, 0) is 31.8 Å². The van der Waals surface area contributed by atoms with Gasteiger partial charge in [0, 0.05) is 39.1 Å². The van der Waals surface area contributed by atoms with Crippen molar-refractivity contribution in [2.24, 2.45) is 0 Å². The van der Waals surface area contributed by atoms with Crippen molar-refractivity contribution in [3.05, 3.63) is 35.6 Å². The third-order valence-electron chi connectivity index (χ3n) is 4.02. The molecule has 1 aliphatic heterocycles. The van der Waals surface area contributed by atoms with E-state index in [-0.39, 0.29) is 17.5 Å². The summed E-state index contributed by atoms with van der Waals surface area (Å²) in [7, 11) is 0.361. The first-order chi connectivity index (χ1) is 11.3. The van der Waals surface area contributed by atoms with Crippen molar-refractivity contribution in [2.45, 2.75) is 12.2 Å². The van der Waals surface area contributed by atoms with Crippen molar-refractivity contribution in [2.75, 3.05) is 46.8 Å². The maximum Gasteiger partial charge on any atom is 0.223 e. The Hall–Kier alpha value is -1.51. The van der Waals surface area contributed by atoms with Crippen molar-refractivity contribution in [1.29, 1.82) is 0 Å². The second-order valence-electron chi connectivity index (χ2n) is 6.22. The maximum atomic E-state index is 12.9. The normalized spacial score (nSPS) is 16.6. The topological polar surface area (TPSA) is 60.9 Å². The van der Waals surface area contributed by atoms with Crippen LogP contribution in [0.25, 0.3) is 0 Å². The first kappa shape index (κ1) is 18.8. The molecular weight excluding hydrogens is 333 g/mol. The average molecular weight is 357 g/mol. The molecule has 0 aromatic heterocycles. The fourth-order valence-electron chi connectivity index (χ4n) is 2.58. The Labute approximate surface area is 142 Å². The molecule has 0 bridgehead atoms. The zero-order valence-corrected chi connectivity index (χ0v) is 14.9. The predicted octanol–water partition coefficient (Wildman–Crippen LogP) is 0.751. The lowest BCUT2D eigenvalue weighted by atomic mass is 10.2. The SMILES string of the molecule is CN(C)CCC(=O)N1CCN(S(=O)(=O)Cc2ccc(F)cc2)CC1. The van der Waals surface area contributed by atoms with Crippen LogP contribution in [-0.2, 0) is 20.6 Å². The quantitative estimate of drug-likeness (QED) is 0.754. The lowest BCUT2D eigenvalue weighted by molar-refractivity contribution is -0.132. The summed E-state index contributed by atoms with van der Waals surface area (Å²) in [5.41, 5.74) is 0.556. The van der Waals surface area contributed by atoms with Crippen molar-refractivity contribution in [3.63, 3.8) is 0 Å². The van der Waals surface area contributed by atoms with Gasteiger partial charge in [-0.1, -0.05) is 12.1 Å². The molecule has 1 heterocycles. The molecule has 24 heavy (non-hydrogen) atoms. The summed E-state index contributed by atoms with van der Waals surface area (Å²) in [5, 5.41) is 0. The van der Waals surface area contributed by atoms with E-state index in [0.717, 1.165) is 0 Å². The summed E-state index contributed by atoms with van der Waals surface area (Å²) in [6.45, 7) is 2.11. The molecule has 0 saturated carbocycles. The Morgan fingerprint density at radius 2 is 1.71 bits per heavy atom. The number of nitrogens with zero attached hydrogens (tertiary/aromatic N) is 3. The summed E-state index contributed by atoms with van der Waals surface area (Å²) in [6, 6.07) is 5.47. The molecular formula is C16H24FN3O3S. The third kappa shape index (κ3) is 5.25. The molecule has 1 amide bonds. The van der Waals surface area contributed by atoms with E-state index in [0.29, 0.717) is 44.7 Å². The molecule has 0 unspecified atom stereocenters. The monoisotopic (exact) mass is 357 g/mol. The largest absolute Gasteiger partial charge is 0.340 e. The van der Waals surface area contributed by atoms with Gasteiger partial charge in [0.15, 0.2) is 0 Å². The number of piperazine rings is 1. The van der Waals surface area contributed by atoms with E-state index in [2.05, 4.69) is 0 Å². The minimum Gasteiger partial charge on any atom is -0.340 e. The van der Waals surface area contributed by atoms with Crippen LogP contribution in [0, 0.1) is 5.82 Å². The molecule has 1 aromatic carbocycles.